The molecule has 1 aliphatic rings. The first kappa shape index (κ1) is 15.0. The highest BCUT2D eigenvalue weighted by Crippen LogP contribution is 2.40. The maximum atomic E-state index is 13.2. The molecule has 1 fully saturated rings. The molecule has 2 aromatic rings. The summed E-state index contributed by atoms with van der Waals surface area (Å²) in [5, 5.41) is 0. The van der Waals surface area contributed by atoms with Gasteiger partial charge >= 0.3 is 0 Å². The Morgan fingerprint density at radius 3 is 2.05 bits per heavy atom. The number of hydrogen-bond acceptors (Lipinski definition) is 3. The largest absolute Gasteiger partial charge is 0.298 e. The van der Waals surface area contributed by atoms with Crippen molar-refractivity contribution in [3.05, 3.63) is 66.2 Å². The number of Topliss-reactive ketones (excluding diaryl/α,β-unsaturated/α-hetero) is 1. The summed E-state index contributed by atoms with van der Waals surface area (Å²) in [6.07, 6.45) is 1.64. The van der Waals surface area contributed by atoms with Crippen LogP contribution in [0.3, 0.4) is 0 Å². The molecule has 4 heteroatoms. The van der Waals surface area contributed by atoms with Gasteiger partial charge < -0.3 is 0 Å². The summed E-state index contributed by atoms with van der Waals surface area (Å²) in [5.74, 6) is -0.153. The van der Waals surface area contributed by atoms with Crippen LogP contribution in [0.1, 0.15) is 24.8 Å². The highest BCUT2D eigenvalue weighted by molar-refractivity contribution is 7.93. The van der Waals surface area contributed by atoms with Gasteiger partial charge in [0.2, 0.25) is 0 Å². The van der Waals surface area contributed by atoms with Crippen molar-refractivity contribution >= 4 is 15.6 Å². The van der Waals surface area contributed by atoms with Gasteiger partial charge in [0, 0.05) is 6.42 Å². The van der Waals surface area contributed by atoms with Gasteiger partial charge in [0.1, 0.15) is 4.75 Å². The van der Waals surface area contributed by atoms with Gasteiger partial charge in [-0.2, -0.15) is 0 Å². The molecule has 0 radical (unpaired) electrons. The Balaban J connectivity index is 2.10. The lowest BCUT2D eigenvalue weighted by atomic mass is 9.96. The van der Waals surface area contributed by atoms with Crippen molar-refractivity contribution in [1.29, 1.82) is 0 Å². The Morgan fingerprint density at radius 1 is 0.909 bits per heavy atom. The van der Waals surface area contributed by atoms with E-state index in [1.807, 2.05) is 30.3 Å². The molecule has 0 aromatic heterocycles. The Hall–Kier alpha value is -1.94. The first-order valence-electron chi connectivity index (χ1n) is 7.43. The lowest BCUT2D eigenvalue weighted by Crippen LogP contribution is -2.44. The molecule has 0 N–H and O–H groups in total. The minimum Gasteiger partial charge on any atom is -0.298 e. The summed E-state index contributed by atoms with van der Waals surface area (Å²) in [6.45, 7) is 0. The van der Waals surface area contributed by atoms with Crippen molar-refractivity contribution in [2.45, 2.75) is 35.3 Å². The summed E-state index contributed by atoms with van der Waals surface area (Å²) >= 11 is 0. The van der Waals surface area contributed by atoms with Crippen molar-refractivity contribution in [3.63, 3.8) is 0 Å². The van der Waals surface area contributed by atoms with Crippen molar-refractivity contribution in [2.24, 2.45) is 0 Å². The molecule has 22 heavy (non-hydrogen) atoms. The summed E-state index contributed by atoms with van der Waals surface area (Å²) in [5.41, 5.74) is 0.886. The third-order valence-electron chi connectivity index (χ3n) is 4.39. The maximum absolute atomic E-state index is 13.2. The molecule has 2 aromatic carbocycles. The first-order valence-corrected chi connectivity index (χ1v) is 8.91. The van der Waals surface area contributed by atoms with Gasteiger partial charge in [0.25, 0.3) is 0 Å². The van der Waals surface area contributed by atoms with Crippen LogP contribution < -0.4 is 0 Å². The van der Waals surface area contributed by atoms with Gasteiger partial charge in [0.05, 0.1) is 4.90 Å². The minimum atomic E-state index is -3.70. The Kier molecular flexibility index (Phi) is 3.87. The molecule has 3 rings (SSSR count). The van der Waals surface area contributed by atoms with Crippen molar-refractivity contribution in [2.75, 3.05) is 0 Å². The zero-order valence-electron chi connectivity index (χ0n) is 12.2. The van der Waals surface area contributed by atoms with E-state index in [-0.39, 0.29) is 17.1 Å². The number of carbonyl (C=O) groups excluding carboxylic acids is 1. The Labute approximate surface area is 130 Å². The normalized spacial score (nSPS) is 21.9. The Morgan fingerprint density at radius 2 is 1.50 bits per heavy atom. The molecule has 1 unspecified atom stereocenters. The number of carbonyl (C=O) groups is 1. The van der Waals surface area contributed by atoms with E-state index in [4.69, 9.17) is 0 Å². The second kappa shape index (κ2) is 5.69. The molecule has 0 bridgehead atoms. The van der Waals surface area contributed by atoms with E-state index in [2.05, 4.69) is 0 Å². The van der Waals surface area contributed by atoms with E-state index < -0.39 is 14.6 Å². The number of ketones is 1. The minimum absolute atomic E-state index is 0.153. The molecular formula is C18H18O3S. The van der Waals surface area contributed by atoms with Gasteiger partial charge in [-0.05, 0) is 37.0 Å². The Bertz CT molecular complexity index is 766. The lowest BCUT2D eigenvalue weighted by molar-refractivity contribution is -0.119. The summed E-state index contributed by atoms with van der Waals surface area (Å²) in [6, 6.07) is 17.7. The van der Waals surface area contributed by atoms with E-state index >= 15 is 0 Å². The van der Waals surface area contributed by atoms with Crippen molar-refractivity contribution in [1.82, 2.24) is 0 Å². The van der Waals surface area contributed by atoms with Gasteiger partial charge in [0.15, 0.2) is 15.6 Å². The molecular weight excluding hydrogens is 296 g/mol. The number of rotatable bonds is 4. The molecule has 0 heterocycles. The molecule has 1 aliphatic carbocycles. The second-order valence-corrected chi connectivity index (χ2v) is 8.01. The quantitative estimate of drug-likeness (QED) is 0.871. The fourth-order valence-corrected chi connectivity index (χ4v) is 5.36. The zero-order chi connectivity index (χ0) is 15.6. The average molecular weight is 314 g/mol. The van der Waals surface area contributed by atoms with E-state index in [9.17, 15) is 13.2 Å². The van der Waals surface area contributed by atoms with Crippen LogP contribution >= 0.6 is 0 Å². The van der Waals surface area contributed by atoms with E-state index in [0.717, 1.165) is 5.56 Å². The monoisotopic (exact) mass is 314 g/mol. The zero-order valence-corrected chi connectivity index (χ0v) is 13.1. The smallest absolute Gasteiger partial charge is 0.191 e. The summed E-state index contributed by atoms with van der Waals surface area (Å²) in [7, 11) is -3.70. The molecule has 0 saturated heterocycles. The third-order valence-corrected chi connectivity index (χ3v) is 6.89. The number of sulfone groups is 1. The fourth-order valence-electron chi connectivity index (χ4n) is 3.22. The first-order chi connectivity index (χ1) is 10.6. The molecule has 0 amide bonds. The van der Waals surface area contributed by atoms with E-state index in [1.54, 1.807) is 30.3 Å². The molecule has 0 spiro atoms. The van der Waals surface area contributed by atoms with E-state index in [0.29, 0.717) is 19.3 Å². The molecule has 1 saturated carbocycles. The standard InChI is InChI=1S/C18H18O3S/c19-17-12-7-13-18(17,14-15-8-3-1-4-9-15)22(20,21)16-10-5-2-6-11-16/h1-6,8-11H,7,12-14H2. The third kappa shape index (κ3) is 2.37. The molecule has 0 aliphatic heterocycles. The van der Waals surface area contributed by atoms with Crippen LogP contribution in [0.15, 0.2) is 65.6 Å². The number of benzene rings is 2. The van der Waals surface area contributed by atoms with E-state index in [1.165, 1.54) is 0 Å². The fraction of sp³-hybridized carbons (Fsp3) is 0.278. The highest BCUT2D eigenvalue weighted by Gasteiger charge is 2.53. The number of hydrogen-bond donors (Lipinski definition) is 0. The van der Waals surface area contributed by atoms with Crippen LogP contribution in [0.25, 0.3) is 0 Å². The molecule has 114 valence electrons. The van der Waals surface area contributed by atoms with Gasteiger partial charge in [-0.1, -0.05) is 48.5 Å². The summed E-state index contributed by atoms with van der Waals surface area (Å²) in [4.78, 5) is 12.8. The SMILES string of the molecule is O=C1CCCC1(Cc1ccccc1)S(=O)(=O)c1ccccc1. The van der Waals surface area contributed by atoms with Crippen molar-refractivity contribution in [3.8, 4) is 0 Å². The second-order valence-electron chi connectivity index (χ2n) is 5.75. The van der Waals surface area contributed by atoms with Gasteiger partial charge in [-0.3, -0.25) is 4.79 Å². The van der Waals surface area contributed by atoms with Crippen LogP contribution in [0.5, 0.6) is 0 Å². The van der Waals surface area contributed by atoms with Gasteiger partial charge in [-0.25, -0.2) is 8.42 Å². The maximum Gasteiger partial charge on any atom is 0.191 e. The van der Waals surface area contributed by atoms with Crippen LogP contribution in [0, 0.1) is 0 Å². The molecule has 3 nitrogen and oxygen atoms in total. The average Bonchev–Trinajstić information content (AvgIpc) is 2.91. The molecule has 1 atom stereocenters. The van der Waals surface area contributed by atoms with Crippen LogP contribution in [0.4, 0.5) is 0 Å². The van der Waals surface area contributed by atoms with Crippen molar-refractivity contribution < 1.29 is 13.2 Å². The van der Waals surface area contributed by atoms with Crippen LogP contribution in [-0.4, -0.2) is 18.9 Å². The predicted molar refractivity (Wildman–Crippen MR) is 85.4 cm³/mol. The topological polar surface area (TPSA) is 51.2 Å². The highest BCUT2D eigenvalue weighted by atomic mass is 32.2. The lowest BCUT2D eigenvalue weighted by Gasteiger charge is -2.27. The van der Waals surface area contributed by atoms with Crippen LogP contribution in [-0.2, 0) is 21.1 Å². The van der Waals surface area contributed by atoms with Crippen LogP contribution in [0.2, 0.25) is 0 Å². The summed E-state index contributed by atoms with van der Waals surface area (Å²) < 4.78 is 25.0. The van der Waals surface area contributed by atoms with Gasteiger partial charge in [-0.15, -0.1) is 0 Å². The predicted octanol–water partition coefficient (Wildman–Crippen LogP) is 3.19.